The third kappa shape index (κ3) is 2.30. The predicted molar refractivity (Wildman–Crippen MR) is 54.3 cm³/mol. The van der Waals surface area contributed by atoms with E-state index in [1.54, 1.807) is 11.3 Å². The van der Waals surface area contributed by atoms with Crippen molar-refractivity contribution < 1.29 is 9.84 Å². The summed E-state index contributed by atoms with van der Waals surface area (Å²) < 4.78 is 5.14. The molecule has 2 N–H and O–H groups in total. The molecule has 0 saturated carbocycles. The van der Waals surface area contributed by atoms with E-state index in [4.69, 9.17) is 4.74 Å². The summed E-state index contributed by atoms with van der Waals surface area (Å²) in [6.07, 6.45) is 1.50. The molecule has 4 nitrogen and oxygen atoms in total. The van der Waals surface area contributed by atoms with Gasteiger partial charge in [-0.15, -0.1) is 11.3 Å². The molecule has 0 radical (unpaired) electrons. The van der Waals surface area contributed by atoms with Crippen LogP contribution in [0.1, 0.15) is 9.88 Å². The van der Waals surface area contributed by atoms with E-state index in [1.807, 2.05) is 13.1 Å². The average molecular weight is 214 g/mol. The summed E-state index contributed by atoms with van der Waals surface area (Å²) in [5, 5.41) is 13.8. The van der Waals surface area contributed by atoms with Gasteiger partial charge in [-0.1, -0.05) is 0 Å². The highest BCUT2D eigenvalue weighted by Crippen LogP contribution is 2.12. The van der Waals surface area contributed by atoms with Gasteiger partial charge in [-0.2, -0.15) is 0 Å². The van der Waals surface area contributed by atoms with Crippen LogP contribution in [0.5, 0.6) is 0 Å². The lowest BCUT2D eigenvalue weighted by molar-refractivity contribution is 0.122. The smallest absolute Gasteiger partial charge is 0.0948 e. The van der Waals surface area contributed by atoms with Crippen molar-refractivity contribution in [3.63, 3.8) is 0 Å². The van der Waals surface area contributed by atoms with Gasteiger partial charge in [0.05, 0.1) is 30.4 Å². The SMILES string of the molecule is Cc1ncc(CN[C@@H]2COC[C@H]2O)s1. The molecule has 0 aliphatic carbocycles. The predicted octanol–water partition coefficient (Wildman–Crippen LogP) is 0.301. The number of hydrogen-bond acceptors (Lipinski definition) is 5. The van der Waals surface area contributed by atoms with Gasteiger partial charge >= 0.3 is 0 Å². The Balaban J connectivity index is 1.82. The van der Waals surface area contributed by atoms with Crippen molar-refractivity contribution >= 4 is 11.3 Å². The van der Waals surface area contributed by atoms with Gasteiger partial charge in [-0.25, -0.2) is 4.98 Å². The molecule has 0 bridgehead atoms. The van der Waals surface area contributed by atoms with Crippen LogP contribution >= 0.6 is 11.3 Å². The molecule has 1 fully saturated rings. The zero-order chi connectivity index (χ0) is 9.97. The van der Waals surface area contributed by atoms with Crippen LogP contribution in [0.15, 0.2) is 6.20 Å². The highest BCUT2D eigenvalue weighted by Gasteiger charge is 2.25. The van der Waals surface area contributed by atoms with E-state index in [0.29, 0.717) is 13.2 Å². The van der Waals surface area contributed by atoms with Crippen LogP contribution in [0.4, 0.5) is 0 Å². The van der Waals surface area contributed by atoms with Gasteiger partial charge in [0.2, 0.25) is 0 Å². The molecule has 2 rings (SSSR count). The summed E-state index contributed by atoms with van der Waals surface area (Å²) in [6, 6.07) is 0.0670. The third-order valence-corrected chi connectivity index (χ3v) is 3.17. The maximum atomic E-state index is 9.47. The summed E-state index contributed by atoms with van der Waals surface area (Å²) in [7, 11) is 0. The zero-order valence-electron chi connectivity index (χ0n) is 8.06. The molecule has 0 amide bonds. The van der Waals surface area contributed by atoms with Crippen LogP contribution in [0.2, 0.25) is 0 Å². The van der Waals surface area contributed by atoms with E-state index < -0.39 is 0 Å². The van der Waals surface area contributed by atoms with E-state index >= 15 is 0 Å². The molecule has 1 aromatic rings. The molecular formula is C9H14N2O2S. The van der Waals surface area contributed by atoms with Crippen LogP contribution in [-0.4, -0.2) is 35.5 Å². The molecule has 0 unspecified atom stereocenters. The number of aryl methyl sites for hydroxylation is 1. The van der Waals surface area contributed by atoms with Crippen molar-refractivity contribution in [2.24, 2.45) is 0 Å². The molecule has 1 saturated heterocycles. The number of hydrogen-bond donors (Lipinski definition) is 2. The molecule has 5 heteroatoms. The maximum absolute atomic E-state index is 9.47. The number of aliphatic hydroxyl groups excluding tert-OH is 1. The second-order valence-electron chi connectivity index (χ2n) is 3.44. The molecule has 1 aliphatic heterocycles. The van der Waals surface area contributed by atoms with Gasteiger partial charge in [0.25, 0.3) is 0 Å². The molecule has 2 heterocycles. The van der Waals surface area contributed by atoms with Crippen molar-refractivity contribution in [1.29, 1.82) is 0 Å². The highest BCUT2D eigenvalue weighted by atomic mass is 32.1. The minimum atomic E-state index is -0.371. The largest absolute Gasteiger partial charge is 0.389 e. The van der Waals surface area contributed by atoms with Crippen molar-refractivity contribution in [2.45, 2.75) is 25.6 Å². The molecular weight excluding hydrogens is 200 g/mol. The van der Waals surface area contributed by atoms with E-state index in [2.05, 4.69) is 10.3 Å². The Hall–Kier alpha value is -0.490. The van der Waals surface area contributed by atoms with E-state index in [9.17, 15) is 5.11 Å². The van der Waals surface area contributed by atoms with Crippen molar-refractivity contribution in [3.05, 3.63) is 16.1 Å². The van der Waals surface area contributed by atoms with E-state index in [-0.39, 0.29) is 12.1 Å². The summed E-state index contributed by atoms with van der Waals surface area (Å²) in [6.45, 7) is 3.79. The Morgan fingerprint density at radius 1 is 1.71 bits per heavy atom. The first-order chi connectivity index (χ1) is 6.75. The first kappa shape index (κ1) is 10.0. The van der Waals surface area contributed by atoms with Crippen molar-refractivity contribution in [2.75, 3.05) is 13.2 Å². The Kier molecular flexibility index (Phi) is 3.12. The van der Waals surface area contributed by atoms with Crippen molar-refractivity contribution in [3.8, 4) is 0 Å². The molecule has 0 spiro atoms. The lowest BCUT2D eigenvalue weighted by Crippen LogP contribution is -2.38. The monoisotopic (exact) mass is 214 g/mol. The molecule has 0 aromatic carbocycles. The Bertz CT molecular complexity index is 303. The number of rotatable bonds is 3. The molecule has 1 aliphatic rings. The van der Waals surface area contributed by atoms with Gasteiger partial charge in [-0.05, 0) is 6.92 Å². The number of aliphatic hydroxyl groups is 1. The fourth-order valence-corrected chi connectivity index (χ4v) is 2.20. The Labute approximate surface area is 86.9 Å². The number of nitrogens with one attached hydrogen (secondary N) is 1. The quantitative estimate of drug-likeness (QED) is 0.760. The van der Waals surface area contributed by atoms with E-state index in [1.165, 1.54) is 4.88 Å². The van der Waals surface area contributed by atoms with Gasteiger partial charge in [-0.3, -0.25) is 0 Å². The summed E-state index contributed by atoms with van der Waals surface area (Å²) in [4.78, 5) is 5.36. The maximum Gasteiger partial charge on any atom is 0.0948 e. The van der Waals surface area contributed by atoms with Crippen LogP contribution in [-0.2, 0) is 11.3 Å². The standard InChI is InChI=1S/C9H14N2O2S/c1-6-10-2-7(14-6)3-11-8-4-13-5-9(8)12/h2,8-9,11-12H,3-5H2,1H3/t8-,9-/m1/s1. The number of aromatic nitrogens is 1. The topological polar surface area (TPSA) is 54.4 Å². The van der Waals surface area contributed by atoms with Gasteiger partial charge < -0.3 is 15.2 Å². The van der Waals surface area contributed by atoms with Crippen LogP contribution in [0, 0.1) is 6.92 Å². The van der Waals surface area contributed by atoms with Crippen LogP contribution < -0.4 is 5.32 Å². The first-order valence-electron chi connectivity index (χ1n) is 4.66. The van der Waals surface area contributed by atoms with Gasteiger partial charge in [0.1, 0.15) is 0 Å². The molecule has 14 heavy (non-hydrogen) atoms. The zero-order valence-corrected chi connectivity index (χ0v) is 8.88. The fourth-order valence-electron chi connectivity index (χ4n) is 1.46. The molecule has 1 aromatic heterocycles. The summed E-state index contributed by atoms with van der Waals surface area (Å²) in [5.41, 5.74) is 0. The normalized spacial score (nSPS) is 27.0. The number of ether oxygens (including phenoxy) is 1. The minimum Gasteiger partial charge on any atom is -0.389 e. The third-order valence-electron chi connectivity index (χ3n) is 2.26. The Morgan fingerprint density at radius 3 is 3.14 bits per heavy atom. The van der Waals surface area contributed by atoms with Gasteiger partial charge in [0.15, 0.2) is 0 Å². The fraction of sp³-hybridized carbons (Fsp3) is 0.667. The summed E-state index contributed by atoms with van der Waals surface area (Å²) in [5.74, 6) is 0. The van der Waals surface area contributed by atoms with Crippen molar-refractivity contribution in [1.82, 2.24) is 10.3 Å². The second-order valence-corrected chi connectivity index (χ2v) is 4.76. The van der Waals surface area contributed by atoms with Crippen LogP contribution in [0.3, 0.4) is 0 Å². The van der Waals surface area contributed by atoms with E-state index in [0.717, 1.165) is 11.6 Å². The van der Waals surface area contributed by atoms with Gasteiger partial charge in [0, 0.05) is 17.6 Å². The first-order valence-corrected chi connectivity index (χ1v) is 5.48. The molecule has 78 valence electrons. The highest BCUT2D eigenvalue weighted by molar-refractivity contribution is 7.11. The number of thiazole rings is 1. The average Bonchev–Trinajstić information content (AvgIpc) is 2.72. The Morgan fingerprint density at radius 2 is 2.57 bits per heavy atom. The summed E-state index contributed by atoms with van der Waals surface area (Å²) >= 11 is 1.68. The second kappa shape index (κ2) is 4.35. The lowest BCUT2D eigenvalue weighted by Gasteiger charge is -2.12. The van der Waals surface area contributed by atoms with Crippen LogP contribution in [0.25, 0.3) is 0 Å². The molecule has 2 atom stereocenters. The lowest BCUT2D eigenvalue weighted by atomic mass is 10.2. The number of nitrogens with zero attached hydrogens (tertiary/aromatic N) is 1. The minimum absolute atomic E-state index is 0.0670.